The summed E-state index contributed by atoms with van der Waals surface area (Å²) < 4.78 is 0. The summed E-state index contributed by atoms with van der Waals surface area (Å²) in [7, 11) is 0. The van der Waals surface area contributed by atoms with Crippen LogP contribution in [0.1, 0.15) is 26.2 Å². The number of carbonyl (C=O) groups excluding carboxylic acids is 2. The van der Waals surface area contributed by atoms with E-state index in [9.17, 15) is 14.4 Å². The maximum Gasteiger partial charge on any atom is 0.407 e. The maximum atomic E-state index is 11.6. The third-order valence-electron chi connectivity index (χ3n) is 2.41. The molecular weight excluding hydrogens is 214 g/mol. The molecule has 16 heavy (non-hydrogen) atoms. The molecule has 0 aliphatic carbocycles. The molecule has 0 spiro atoms. The summed E-state index contributed by atoms with van der Waals surface area (Å²) in [6.45, 7) is 1.61. The minimum atomic E-state index is -1.11. The Morgan fingerprint density at radius 2 is 1.94 bits per heavy atom. The molecule has 1 aliphatic heterocycles. The second kappa shape index (κ2) is 5.34. The number of hydrogen-bond donors (Lipinski definition) is 3. The van der Waals surface area contributed by atoms with E-state index in [1.807, 2.05) is 0 Å². The summed E-state index contributed by atoms with van der Waals surface area (Å²) in [5.74, 6) is -0.886. The van der Waals surface area contributed by atoms with E-state index in [0.29, 0.717) is 13.0 Å². The van der Waals surface area contributed by atoms with E-state index in [2.05, 4.69) is 10.9 Å². The smallest absolute Gasteiger partial charge is 0.407 e. The largest absolute Gasteiger partial charge is 0.465 e. The maximum absolute atomic E-state index is 11.6. The molecule has 0 bridgehead atoms. The molecule has 7 heteroatoms. The normalized spacial score (nSPS) is 20.1. The lowest BCUT2D eigenvalue weighted by Gasteiger charge is -2.32. The van der Waals surface area contributed by atoms with E-state index in [1.165, 1.54) is 6.92 Å². The Bertz CT molecular complexity index is 305. The van der Waals surface area contributed by atoms with Gasteiger partial charge in [-0.15, -0.1) is 0 Å². The van der Waals surface area contributed by atoms with Crippen molar-refractivity contribution in [3.63, 3.8) is 0 Å². The van der Waals surface area contributed by atoms with Crippen LogP contribution in [-0.2, 0) is 9.59 Å². The molecule has 7 nitrogen and oxygen atoms in total. The van der Waals surface area contributed by atoms with Crippen molar-refractivity contribution in [1.29, 1.82) is 0 Å². The predicted octanol–water partition coefficient (Wildman–Crippen LogP) is -0.314. The Morgan fingerprint density at radius 3 is 2.50 bits per heavy atom. The monoisotopic (exact) mass is 229 g/mol. The highest BCUT2D eigenvalue weighted by molar-refractivity contribution is 5.87. The molecule has 0 radical (unpaired) electrons. The van der Waals surface area contributed by atoms with Crippen molar-refractivity contribution in [2.45, 2.75) is 32.2 Å². The average Bonchev–Trinajstić information content (AvgIpc) is 2.25. The van der Waals surface area contributed by atoms with Gasteiger partial charge in [0.15, 0.2) is 0 Å². The minimum absolute atomic E-state index is 0.355. The number of carboxylic acid groups (broad SMARTS) is 1. The first-order valence-corrected chi connectivity index (χ1v) is 5.08. The number of nitrogens with one attached hydrogen (secondary N) is 2. The molecule has 1 fully saturated rings. The summed E-state index contributed by atoms with van der Waals surface area (Å²) in [6, 6.07) is -0.710. The molecule has 0 saturated carbocycles. The van der Waals surface area contributed by atoms with Gasteiger partial charge in [0.25, 0.3) is 5.91 Å². The van der Waals surface area contributed by atoms with Crippen LogP contribution in [0.3, 0.4) is 0 Å². The summed E-state index contributed by atoms with van der Waals surface area (Å²) in [6.07, 6.45) is 0.943. The topological polar surface area (TPSA) is 98.7 Å². The quantitative estimate of drug-likeness (QED) is 0.537. The van der Waals surface area contributed by atoms with Crippen molar-refractivity contribution in [3.8, 4) is 0 Å². The van der Waals surface area contributed by atoms with Gasteiger partial charge < -0.3 is 5.11 Å². The van der Waals surface area contributed by atoms with Crippen LogP contribution in [0.25, 0.3) is 0 Å². The lowest BCUT2D eigenvalue weighted by atomic mass is 10.0. The summed E-state index contributed by atoms with van der Waals surface area (Å²) in [4.78, 5) is 34.1. The molecule has 1 atom stereocenters. The fourth-order valence-electron chi connectivity index (χ4n) is 1.67. The van der Waals surface area contributed by atoms with Crippen LogP contribution in [0.15, 0.2) is 0 Å². The van der Waals surface area contributed by atoms with Gasteiger partial charge in [-0.2, -0.15) is 0 Å². The first kappa shape index (κ1) is 12.3. The Kier molecular flexibility index (Phi) is 4.10. The predicted molar refractivity (Wildman–Crippen MR) is 54.3 cm³/mol. The highest BCUT2D eigenvalue weighted by atomic mass is 16.4. The van der Waals surface area contributed by atoms with Gasteiger partial charge >= 0.3 is 6.09 Å². The third kappa shape index (κ3) is 3.11. The van der Waals surface area contributed by atoms with Crippen molar-refractivity contribution >= 4 is 17.9 Å². The van der Waals surface area contributed by atoms with Gasteiger partial charge in [-0.05, 0) is 19.3 Å². The van der Waals surface area contributed by atoms with E-state index in [1.54, 1.807) is 0 Å². The van der Waals surface area contributed by atoms with Crippen molar-refractivity contribution < 1.29 is 19.5 Å². The summed E-state index contributed by atoms with van der Waals surface area (Å²) in [5, 5.41) is 8.89. The number of rotatable bonds is 1. The van der Waals surface area contributed by atoms with Crippen LogP contribution in [0.4, 0.5) is 4.79 Å². The van der Waals surface area contributed by atoms with Crippen LogP contribution < -0.4 is 10.9 Å². The molecule has 1 heterocycles. The lowest BCUT2D eigenvalue weighted by molar-refractivity contribution is -0.131. The SMILES string of the molecule is CC(=O)NNC(=O)[C@@H]1CCCCN1C(=O)O. The van der Waals surface area contributed by atoms with Crippen LogP contribution >= 0.6 is 0 Å². The van der Waals surface area contributed by atoms with Gasteiger partial charge in [0.2, 0.25) is 5.91 Å². The van der Waals surface area contributed by atoms with E-state index in [-0.39, 0.29) is 0 Å². The standard InChI is InChI=1S/C9H15N3O4/c1-6(13)10-11-8(14)7-4-2-3-5-12(7)9(15)16/h7H,2-5H2,1H3,(H,10,13)(H,11,14)(H,15,16)/t7-/m0/s1. The fourth-order valence-corrected chi connectivity index (χ4v) is 1.67. The van der Waals surface area contributed by atoms with E-state index >= 15 is 0 Å². The molecular formula is C9H15N3O4. The Morgan fingerprint density at radius 1 is 1.25 bits per heavy atom. The minimum Gasteiger partial charge on any atom is -0.465 e. The highest BCUT2D eigenvalue weighted by Gasteiger charge is 2.31. The average molecular weight is 229 g/mol. The molecule has 3 N–H and O–H groups in total. The van der Waals surface area contributed by atoms with Crippen molar-refractivity contribution in [2.24, 2.45) is 0 Å². The molecule has 1 rings (SSSR count). The highest BCUT2D eigenvalue weighted by Crippen LogP contribution is 2.16. The molecule has 1 aliphatic rings. The van der Waals surface area contributed by atoms with E-state index in [0.717, 1.165) is 17.7 Å². The molecule has 1 saturated heterocycles. The van der Waals surface area contributed by atoms with Gasteiger partial charge in [0.1, 0.15) is 6.04 Å². The van der Waals surface area contributed by atoms with Crippen molar-refractivity contribution in [3.05, 3.63) is 0 Å². The van der Waals surface area contributed by atoms with Gasteiger partial charge in [0.05, 0.1) is 0 Å². The molecule has 3 amide bonds. The zero-order valence-electron chi connectivity index (χ0n) is 9.02. The number of hydrogen-bond acceptors (Lipinski definition) is 3. The van der Waals surface area contributed by atoms with Crippen molar-refractivity contribution in [2.75, 3.05) is 6.54 Å². The number of likely N-dealkylation sites (tertiary alicyclic amines) is 1. The third-order valence-corrected chi connectivity index (χ3v) is 2.41. The lowest BCUT2D eigenvalue weighted by Crippen LogP contribution is -2.55. The second-order valence-electron chi connectivity index (χ2n) is 3.66. The Hall–Kier alpha value is -1.79. The summed E-state index contributed by atoms with van der Waals surface area (Å²) in [5.41, 5.74) is 4.34. The van der Waals surface area contributed by atoms with Crippen LogP contribution in [0, 0.1) is 0 Å². The van der Waals surface area contributed by atoms with Gasteiger partial charge in [0, 0.05) is 13.5 Å². The number of piperidine rings is 1. The van der Waals surface area contributed by atoms with Crippen molar-refractivity contribution in [1.82, 2.24) is 15.8 Å². The van der Waals surface area contributed by atoms with Gasteiger partial charge in [-0.25, -0.2) is 4.79 Å². The fraction of sp³-hybridized carbons (Fsp3) is 0.667. The molecule has 90 valence electrons. The number of nitrogens with zero attached hydrogens (tertiary/aromatic N) is 1. The zero-order chi connectivity index (χ0) is 12.1. The first-order valence-electron chi connectivity index (χ1n) is 5.08. The number of hydrazine groups is 1. The zero-order valence-corrected chi connectivity index (χ0v) is 9.02. The van der Waals surface area contributed by atoms with E-state index in [4.69, 9.17) is 5.11 Å². The van der Waals surface area contributed by atoms with Crippen LogP contribution in [0.2, 0.25) is 0 Å². The number of carbonyl (C=O) groups is 3. The van der Waals surface area contributed by atoms with Gasteiger partial charge in [-0.1, -0.05) is 0 Å². The molecule has 0 aromatic rings. The second-order valence-corrected chi connectivity index (χ2v) is 3.66. The number of amides is 3. The molecule has 0 aromatic carbocycles. The van der Waals surface area contributed by atoms with E-state index < -0.39 is 23.9 Å². The first-order chi connectivity index (χ1) is 7.52. The van der Waals surface area contributed by atoms with Crippen LogP contribution in [0.5, 0.6) is 0 Å². The Labute approximate surface area is 92.8 Å². The summed E-state index contributed by atoms with van der Waals surface area (Å²) >= 11 is 0. The van der Waals surface area contributed by atoms with Gasteiger partial charge in [-0.3, -0.25) is 25.3 Å². The van der Waals surface area contributed by atoms with Crippen LogP contribution in [-0.4, -0.2) is 40.5 Å². The molecule has 0 unspecified atom stereocenters. The Balaban J connectivity index is 2.57. The molecule has 0 aromatic heterocycles.